The maximum Gasteiger partial charge on any atom is 0.133 e. The predicted octanol–water partition coefficient (Wildman–Crippen LogP) is 3.42. The molecule has 0 saturated heterocycles. The number of ether oxygens (including phenoxy) is 1. The van der Waals surface area contributed by atoms with E-state index in [1.165, 1.54) is 5.57 Å². The first-order chi connectivity index (χ1) is 9.54. The lowest BCUT2D eigenvalue weighted by Gasteiger charge is -2.23. The van der Waals surface area contributed by atoms with Gasteiger partial charge in [0.15, 0.2) is 0 Å². The van der Waals surface area contributed by atoms with Crippen LogP contribution in [0.15, 0.2) is 23.8 Å². The van der Waals surface area contributed by atoms with E-state index in [4.69, 9.17) is 4.74 Å². The Bertz CT molecular complexity index is 357. The average Bonchev–Trinajstić information content (AvgIpc) is 2.43. The number of carbonyl (C=O) groups excluding carboxylic acids is 1. The minimum Gasteiger partial charge on any atom is -0.389 e. The third kappa shape index (κ3) is 6.02. The van der Waals surface area contributed by atoms with E-state index in [1.807, 2.05) is 19.9 Å². The molecule has 1 N–H and O–H groups in total. The van der Waals surface area contributed by atoms with Crippen LogP contribution in [-0.4, -0.2) is 30.2 Å². The van der Waals surface area contributed by atoms with Crippen molar-refractivity contribution in [3.05, 3.63) is 23.8 Å². The minimum absolute atomic E-state index is 0.0163. The summed E-state index contributed by atoms with van der Waals surface area (Å²) in [7, 11) is 1.63. The monoisotopic (exact) mass is 280 g/mol. The summed E-state index contributed by atoms with van der Waals surface area (Å²) in [5.74, 6) is 0.365. The summed E-state index contributed by atoms with van der Waals surface area (Å²) in [6, 6.07) is 0. The van der Waals surface area contributed by atoms with Crippen LogP contribution >= 0.6 is 0 Å². The summed E-state index contributed by atoms with van der Waals surface area (Å²) in [4.78, 5) is 11.7. The van der Waals surface area contributed by atoms with Crippen molar-refractivity contribution in [2.45, 2.75) is 64.6 Å². The molecule has 1 aliphatic rings. The lowest BCUT2D eigenvalue weighted by Crippen LogP contribution is -2.31. The van der Waals surface area contributed by atoms with E-state index < -0.39 is 6.10 Å². The molecule has 0 aliphatic heterocycles. The summed E-state index contributed by atoms with van der Waals surface area (Å²) < 4.78 is 5.37. The second kappa shape index (κ2) is 9.09. The number of aliphatic hydroxyl groups is 1. The first-order valence-corrected chi connectivity index (χ1v) is 7.61. The molecule has 0 fully saturated rings. The maximum absolute atomic E-state index is 11.7. The van der Waals surface area contributed by atoms with Gasteiger partial charge >= 0.3 is 0 Å². The molecule has 0 bridgehead atoms. The topological polar surface area (TPSA) is 46.5 Å². The Morgan fingerprint density at radius 2 is 2.00 bits per heavy atom. The molecule has 0 radical (unpaired) electrons. The lowest BCUT2D eigenvalue weighted by molar-refractivity contribution is -0.119. The predicted molar refractivity (Wildman–Crippen MR) is 81.6 cm³/mol. The molecule has 1 rings (SSSR count). The Balaban J connectivity index is 2.78. The van der Waals surface area contributed by atoms with Crippen molar-refractivity contribution in [3.63, 3.8) is 0 Å². The molecule has 20 heavy (non-hydrogen) atoms. The summed E-state index contributed by atoms with van der Waals surface area (Å²) >= 11 is 0. The van der Waals surface area contributed by atoms with Gasteiger partial charge in [0.2, 0.25) is 0 Å². The van der Waals surface area contributed by atoms with Gasteiger partial charge in [-0.3, -0.25) is 4.79 Å². The zero-order chi connectivity index (χ0) is 15.0. The van der Waals surface area contributed by atoms with Gasteiger partial charge < -0.3 is 9.84 Å². The number of ketones is 1. The van der Waals surface area contributed by atoms with Crippen molar-refractivity contribution >= 4 is 5.78 Å². The maximum atomic E-state index is 11.7. The molecule has 3 heteroatoms. The number of hydrogen-bond acceptors (Lipinski definition) is 3. The van der Waals surface area contributed by atoms with Crippen LogP contribution in [-0.2, 0) is 9.53 Å². The van der Waals surface area contributed by atoms with Crippen LogP contribution < -0.4 is 0 Å². The highest BCUT2D eigenvalue weighted by Gasteiger charge is 2.21. The molecule has 0 aromatic rings. The fourth-order valence-corrected chi connectivity index (χ4v) is 2.54. The highest BCUT2D eigenvalue weighted by atomic mass is 16.5. The van der Waals surface area contributed by atoms with Crippen LogP contribution in [0, 0.1) is 5.92 Å². The van der Waals surface area contributed by atoms with Gasteiger partial charge in [-0.2, -0.15) is 0 Å². The fourth-order valence-electron chi connectivity index (χ4n) is 2.54. The van der Waals surface area contributed by atoms with Crippen LogP contribution in [0.1, 0.15) is 52.4 Å². The quantitative estimate of drug-likeness (QED) is 0.749. The molecule has 1 aliphatic carbocycles. The first kappa shape index (κ1) is 17.1. The average molecular weight is 280 g/mol. The van der Waals surface area contributed by atoms with E-state index in [1.54, 1.807) is 7.11 Å². The molecule has 0 amide bonds. The Labute approximate surface area is 122 Å². The number of methoxy groups -OCH3 is 1. The van der Waals surface area contributed by atoms with Gasteiger partial charge in [-0.15, -0.1) is 0 Å². The minimum atomic E-state index is -0.551. The fraction of sp³-hybridized carbons (Fsp3) is 0.706. The van der Waals surface area contributed by atoms with Crippen molar-refractivity contribution < 1.29 is 14.6 Å². The van der Waals surface area contributed by atoms with E-state index in [9.17, 15) is 9.90 Å². The smallest absolute Gasteiger partial charge is 0.133 e. The van der Waals surface area contributed by atoms with Crippen LogP contribution in [0.5, 0.6) is 0 Å². The SMILES string of the molecule is CO[C@H]1/C=C/CCCCC(=O)CC/C(C)=C\[C@@H](C)C1O. The molecule has 0 aromatic heterocycles. The van der Waals surface area contributed by atoms with Crippen molar-refractivity contribution in [1.29, 1.82) is 0 Å². The van der Waals surface area contributed by atoms with Crippen molar-refractivity contribution in [2.24, 2.45) is 5.92 Å². The summed E-state index contributed by atoms with van der Waals surface area (Å²) in [6.07, 6.45) is 10.2. The molecular weight excluding hydrogens is 252 g/mol. The molecule has 1 unspecified atom stereocenters. The Morgan fingerprint density at radius 1 is 1.25 bits per heavy atom. The zero-order valence-electron chi connectivity index (χ0n) is 13.0. The number of aliphatic hydroxyl groups excluding tert-OH is 1. The number of allylic oxidation sites excluding steroid dienone is 2. The number of hydrogen-bond donors (Lipinski definition) is 1. The Kier molecular flexibility index (Phi) is 7.78. The standard InChI is InChI=1S/C17H28O3/c1-13-10-11-15(18)8-6-4-5-7-9-16(20-3)17(19)14(2)12-13/h7,9,12,14,16-17,19H,4-6,8,10-11H2,1-3H3/b9-7+,13-12-/t14-,16+,17?/m1/s1. The molecular formula is C17H28O3. The molecule has 0 aromatic carbocycles. The van der Waals surface area contributed by atoms with Crippen molar-refractivity contribution in [3.8, 4) is 0 Å². The van der Waals surface area contributed by atoms with Gasteiger partial charge in [-0.1, -0.05) is 30.7 Å². The number of rotatable bonds is 1. The highest BCUT2D eigenvalue weighted by molar-refractivity contribution is 5.78. The van der Waals surface area contributed by atoms with Crippen molar-refractivity contribution in [1.82, 2.24) is 0 Å². The highest BCUT2D eigenvalue weighted by Crippen LogP contribution is 2.18. The normalized spacial score (nSPS) is 34.9. The van der Waals surface area contributed by atoms with E-state index in [-0.39, 0.29) is 12.0 Å². The van der Waals surface area contributed by atoms with Gasteiger partial charge in [-0.05, 0) is 32.6 Å². The van der Waals surface area contributed by atoms with Gasteiger partial charge in [0.25, 0.3) is 0 Å². The van der Waals surface area contributed by atoms with Gasteiger partial charge in [-0.25, -0.2) is 0 Å². The molecule has 0 spiro atoms. The molecule has 0 heterocycles. The number of Topliss-reactive ketones (excluding diaryl/α,β-unsaturated/α-hetero) is 1. The Morgan fingerprint density at radius 3 is 2.70 bits per heavy atom. The van der Waals surface area contributed by atoms with Crippen LogP contribution in [0.25, 0.3) is 0 Å². The third-order valence-corrected chi connectivity index (χ3v) is 3.90. The lowest BCUT2D eigenvalue weighted by atomic mass is 9.94. The summed E-state index contributed by atoms with van der Waals surface area (Å²) in [6.45, 7) is 4.02. The second-order valence-electron chi connectivity index (χ2n) is 5.78. The zero-order valence-corrected chi connectivity index (χ0v) is 13.0. The Hall–Kier alpha value is -0.930. The van der Waals surface area contributed by atoms with E-state index in [2.05, 4.69) is 12.2 Å². The van der Waals surface area contributed by atoms with Crippen LogP contribution in [0.2, 0.25) is 0 Å². The van der Waals surface area contributed by atoms with Gasteiger partial charge in [0.05, 0.1) is 6.10 Å². The van der Waals surface area contributed by atoms with Crippen LogP contribution in [0.4, 0.5) is 0 Å². The molecule has 114 valence electrons. The van der Waals surface area contributed by atoms with Crippen molar-refractivity contribution in [2.75, 3.05) is 7.11 Å². The van der Waals surface area contributed by atoms with E-state index in [0.717, 1.165) is 25.7 Å². The van der Waals surface area contributed by atoms with E-state index >= 15 is 0 Å². The van der Waals surface area contributed by atoms with E-state index in [0.29, 0.717) is 18.6 Å². The van der Waals surface area contributed by atoms with Gasteiger partial charge in [0.1, 0.15) is 11.9 Å². The summed E-state index contributed by atoms with van der Waals surface area (Å²) in [5, 5.41) is 10.3. The van der Waals surface area contributed by atoms with Gasteiger partial charge in [0, 0.05) is 25.9 Å². The summed E-state index contributed by atoms with van der Waals surface area (Å²) in [5.41, 5.74) is 1.17. The third-order valence-electron chi connectivity index (χ3n) is 3.90. The second-order valence-corrected chi connectivity index (χ2v) is 5.78. The van der Waals surface area contributed by atoms with Crippen LogP contribution in [0.3, 0.4) is 0 Å². The molecule has 0 saturated carbocycles. The molecule has 3 atom stereocenters. The first-order valence-electron chi connectivity index (χ1n) is 7.61. The molecule has 3 nitrogen and oxygen atoms in total. The largest absolute Gasteiger partial charge is 0.389 e. The number of carbonyl (C=O) groups is 1.